The number of alkyl halides is 3. The van der Waals surface area contributed by atoms with Crippen LogP contribution in [0.3, 0.4) is 0 Å². The first kappa shape index (κ1) is 25.4. The van der Waals surface area contributed by atoms with Crippen molar-refractivity contribution < 1.29 is 36.7 Å². The zero-order valence-electron chi connectivity index (χ0n) is 19.2. The molecule has 2 aliphatic heterocycles. The van der Waals surface area contributed by atoms with Crippen LogP contribution in [0, 0.1) is 5.82 Å². The molecular formula is C23H23F4N5O4. The Kier molecular flexibility index (Phi) is 6.85. The van der Waals surface area contributed by atoms with E-state index >= 15 is 0 Å². The first-order valence-corrected chi connectivity index (χ1v) is 11.0. The van der Waals surface area contributed by atoms with Crippen molar-refractivity contribution in [1.29, 1.82) is 0 Å². The fourth-order valence-corrected chi connectivity index (χ4v) is 4.67. The Labute approximate surface area is 202 Å². The molecule has 13 heteroatoms. The average Bonchev–Trinajstić information content (AvgIpc) is 3.49. The lowest BCUT2D eigenvalue weighted by molar-refractivity contribution is -0.192. The van der Waals surface area contributed by atoms with Crippen LogP contribution < -0.4 is 0 Å². The van der Waals surface area contributed by atoms with Crippen LogP contribution in [0.4, 0.5) is 17.6 Å². The van der Waals surface area contributed by atoms with Gasteiger partial charge in [0.15, 0.2) is 11.6 Å². The molecule has 1 spiro atoms. The highest BCUT2D eigenvalue weighted by atomic mass is 19.4. The number of nitrogens with zero attached hydrogens (tertiary/aromatic N) is 5. The number of hydrogen-bond acceptors (Lipinski definition) is 6. The number of likely N-dealkylation sites (tertiary alicyclic amines) is 1. The number of carboxylic acid groups (broad SMARTS) is 1. The second kappa shape index (κ2) is 9.72. The van der Waals surface area contributed by atoms with Gasteiger partial charge in [-0.1, -0.05) is 12.1 Å². The average molecular weight is 509 g/mol. The van der Waals surface area contributed by atoms with Gasteiger partial charge in [-0.25, -0.2) is 9.18 Å². The molecule has 2 aromatic heterocycles. The Morgan fingerprint density at radius 3 is 2.33 bits per heavy atom. The summed E-state index contributed by atoms with van der Waals surface area (Å²) in [5.74, 6) is -1.16. The van der Waals surface area contributed by atoms with E-state index in [0.717, 1.165) is 31.0 Å². The van der Waals surface area contributed by atoms with Crippen molar-refractivity contribution in [3.8, 4) is 11.6 Å². The third-order valence-corrected chi connectivity index (χ3v) is 6.25. The monoisotopic (exact) mass is 509 g/mol. The minimum atomic E-state index is -5.08. The van der Waals surface area contributed by atoms with Gasteiger partial charge >= 0.3 is 12.1 Å². The molecule has 2 aliphatic rings. The van der Waals surface area contributed by atoms with Crippen molar-refractivity contribution in [1.82, 2.24) is 24.6 Å². The molecule has 0 bridgehead atoms. The van der Waals surface area contributed by atoms with Crippen molar-refractivity contribution >= 4 is 11.9 Å². The first-order valence-electron chi connectivity index (χ1n) is 11.0. The van der Waals surface area contributed by atoms with Gasteiger partial charge in [0.2, 0.25) is 0 Å². The molecule has 1 fully saturated rings. The highest BCUT2D eigenvalue weighted by Crippen LogP contribution is 2.39. The van der Waals surface area contributed by atoms with E-state index in [0.29, 0.717) is 25.4 Å². The lowest BCUT2D eigenvalue weighted by atomic mass is 9.84. The van der Waals surface area contributed by atoms with Crippen LogP contribution in [-0.4, -0.2) is 74.4 Å². The molecule has 3 aromatic rings. The fraction of sp³-hybridized carbons (Fsp3) is 0.391. The highest BCUT2D eigenvalue weighted by molar-refractivity contribution is 5.94. The summed E-state index contributed by atoms with van der Waals surface area (Å²) in [5, 5.41) is 15.9. The van der Waals surface area contributed by atoms with Gasteiger partial charge in [0.25, 0.3) is 5.91 Å². The van der Waals surface area contributed by atoms with Crippen molar-refractivity contribution in [2.45, 2.75) is 31.1 Å². The first-order chi connectivity index (χ1) is 17.0. The number of amides is 1. The van der Waals surface area contributed by atoms with Crippen LogP contribution in [0.5, 0.6) is 0 Å². The third kappa shape index (κ3) is 4.96. The summed E-state index contributed by atoms with van der Waals surface area (Å²) in [6.45, 7) is 2.66. The number of piperidine rings is 1. The number of benzene rings is 1. The van der Waals surface area contributed by atoms with Crippen molar-refractivity contribution in [3.05, 3.63) is 59.9 Å². The molecule has 5 rings (SSSR count). The maximum atomic E-state index is 14.1. The summed E-state index contributed by atoms with van der Waals surface area (Å²) < 4.78 is 53.6. The normalized spacial score (nSPS) is 17.3. The number of likely N-dealkylation sites (N-methyl/N-ethyl adjacent to an activating group) is 1. The number of furan rings is 1. The molecule has 4 heterocycles. The Bertz CT molecular complexity index is 1230. The molecule has 0 radical (unpaired) electrons. The molecule has 1 amide bonds. The molecule has 1 aromatic carbocycles. The maximum Gasteiger partial charge on any atom is 0.490 e. The number of carbonyl (C=O) groups excluding carboxylic acids is 1. The molecule has 192 valence electrons. The zero-order chi connectivity index (χ0) is 26.1. The summed E-state index contributed by atoms with van der Waals surface area (Å²) >= 11 is 0. The molecule has 0 saturated carbocycles. The Balaban J connectivity index is 0.000000384. The standard InChI is InChI=1S/C21H22FN5O2.C2HF3O2/c1-25-13-18-23-24-19(17-7-4-12-29-17)27(18)21(14-25)8-10-26(11-9-21)20(28)15-5-2-3-6-16(15)22;3-2(4,5)1(6)7/h2-7,12H,8-11,13-14H2,1H3;(H,6,7). The second-order valence-electron chi connectivity index (χ2n) is 8.72. The smallest absolute Gasteiger partial charge is 0.475 e. The third-order valence-electron chi connectivity index (χ3n) is 6.25. The van der Waals surface area contributed by atoms with E-state index in [4.69, 9.17) is 14.3 Å². The van der Waals surface area contributed by atoms with Gasteiger partial charge in [-0.05, 0) is 44.2 Å². The Morgan fingerprint density at radius 1 is 1.08 bits per heavy atom. The summed E-state index contributed by atoms with van der Waals surface area (Å²) in [4.78, 5) is 25.7. The predicted molar refractivity (Wildman–Crippen MR) is 117 cm³/mol. The van der Waals surface area contributed by atoms with Crippen LogP contribution >= 0.6 is 0 Å². The summed E-state index contributed by atoms with van der Waals surface area (Å²) in [6.07, 6.45) is -1.96. The minimum absolute atomic E-state index is 0.130. The van der Waals surface area contributed by atoms with Crippen LogP contribution in [0.2, 0.25) is 0 Å². The fourth-order valence-electron chi connectivity index (χ4n) is 4.67. The molecular weight excluding hydrogens is 486 g/mol. The van der Waals surface area contributed by atoms with Crippen LogP contribution in [0.15, 0.2) is 47.1 Å². The van der Waals surface area contributed by atoms with E-state index in [1.165, 1.54) is 6.07 Å². The summed E-state index contributed by atoms with van der Waals surface area (Å²) in [6, 6.07) is 9.89. The number of rotatable bonds is 2. The molecule has 36 heavy (non-hydrogen) atoms. The topological polar surface area (TPSA) is 105 Å². The molecule has 0 unspecified atom stereocenters. The van der Waals surface area contributed by atoms with Crippen molar-refractivity contribution in [3.63, 3.8) is 0 Å². The quantitative estimate of drug-likeness (QED) is 0.528. The lowest BCUT2D eigenvalue weighted by Gasteiger charge is -2.48. The SMILES string of the molecule is CN1Cc2nnc(-c3ccco3)n2C2(CCN(C(=O)c3ccccc3F)CC2)C1.O=C(O)C(F)(F)F. The van der Waals surface area contributed by atoms with Gasteiger partial charge < -0.3 is 14.4 Å². The number of halogens is 4. The van der Waals surface area contributed by atoms with Crippen molar-refractivity contribution in [2.75, 3.05) is 26.7 Å². The molecule has 0 aliphatic carbocycles. The number of carboxylic acids is 1. The molecule has 1 saturated heterocycles. The second-order valence-corrected chi connectivity index (χ2v) is 8.72. The summed E-state index contributed by atoms with van der Waals surface area (Å²) in [5.41, 5.74) is -0.0922. The number of carbonyl (C=O) groups is 2. The van der Waals surface area contributed by atoms with Gasteiger partial charge in [0.1, 0.15) is 11.6 Å². The van der Waals surface area contributed by atoms with Gasteiger partial charge in [0, 0.05) is 19.6 Å². The van der Waals surface area contributed by atoms with Crippen LogP contribution in [0.1, 0.15) is 29.0 Å². The number of hydrogen-bond donors (Lipinski definition) is 1. The largest absolute Gasteiger partial charge is 0.490 e. The zero-order valence-corrected chi connectivity index (χ0v) is 19.2. The van der Waals surface area contributed by atoms with Crippen molar-refractivity contribution in [2.24, 2.45) is 0 Å². The van der Waals surface area contributed by atoms with E-state index in [1.807, 2.05) is 12.1 Å². The van der Waals surface area contributed by atoms with Gasteiger partial charge in [-0.3, -0.25) is 14.3 Å². The predicted octanol–water partition coefficient (Wildman–Crippen LogP) is 3.39. The number of fused-ring (bicyclic) bond motifs is 2. The van der Waals surface area contributed by atoms with E-state index in [1.54, 1.807) is 29.4 Å². The lowest BCUT2D eigenvalue weighted by Crippen LogP contribution is -2.56. The Morgan fingerprint density at radius 2 is 1.75 bits per heavy atom. The highest BCUT2D eigenvalue weighted by Gasteiger charge is 2.45. The van der Waals surface area contributed by atoms with Gasteiger partial charge in [-0.2, -0.15) is 13.2 Å². The Hall–Kier alpha value is -3.74. The van der Waals surface area contributed by atoms with Gasteiger partial charge in [0.05, 0.1) is 23.9 Å². The van der Waals surface area contributed by atoms with E-state index in [-0.39, 0.29) is 17.0 Å². The van der Waals surface area contributed by atoms with Crippen LogP contribution in [0.25, 0.3) is 11.6 Å². The number of aliphatic carboxylic acids is 1. The van der Waals surface area contributed by atoms with Gasteiger partial charge in [-0.15, -0.1) is 10.2 Å². The van der Waals surface area contributed by atoms with E-state index in [9.17, 15) is 22.4 Å². The van der Waals surface area contributed by atoms with Crippen LogP contribution in [-0.2, 0) is 16.9 Å². The minimum Gasteiger partial charge on any atom is -0.475 e. The molecule has 1 N–H and O–H groups in total. The molecule has 0 atom stereocenters. The number of aromatic nitrogens is 3. The molecule has 9 nitrogen and oxygen atoms in total. The van der Waals surface area contributed by atoms with E-state index < -0.39 is 18.0 Å². The van der Waals surface area contributed by atoms with E-state index in [2.05, 4.69) is 26.7 Å². The maximum absolute atomic E-state index is 14.1. The summed E-state index contributed by atoms with van der Waals surface area (Å²) in [7, 11) is 2.07.